The highest BCUT2D eigenvalue weighted by molar-refractivity contribution is 8.26. The first-order chi connectivity index (χ1) is 18.3. The Morgan fingerprint density at radius 1 is 0.730 bits per heavy atom. The van der Waals surface area contributed by atoms with Gasteiger partial charge >= 0.3 is 6.09 Å². The molecule has 0 fully saturated rings. The number of carbonyl (C=O) groups is 1. The molecule has 0 atom stereocenters. The number of aliphatic hydroxyl groups excluding tert-OH is 1. The van der Waals surface area contributed by atoms with Gasteiger partial charge in [-0.2, -0.15) is 9.78 Å². The minimum atomic E-state index is -0.378. The summed E-state index contributed by atoms with van der Waals surface area (Å²) in [7, 11) is 1.61. The van der Waals surface area contributed by atoms with Crippen LogP contribution in [0.5, 0.6) is 0 Å². The van der Waals surface area contributed by atoms with Crippen LogP contribution in [0.15, 0.2) is 9.98 Å². The largest absolute Gasteiger partial charge is 0.438 e. The lowest BCUT2D eigenvalue weighted by atomic mass is 11.1. The van der Waals surface area contributed by atoms with E-state index in [0.29, 0.717) is 29.6 Å². The van der Waals surface area contributed by atoms with Crippen molar-refractivity contribution in [2.24, 2.45) is 9.98 Å². The van der Waals surface area contributed by atoms with Crippen molar-refractivity contribution in [3.8, 4) is 0 Å². The van der Waals surface area contributed by atoms with Gasteiger partial charge in [-0.05, 0) is 0 Å². The van der Waals surface area contributed by atoms with Gasteiger partial charge in [0.05, 0.1) is 17.7 Å². The van der Waals surface area contributed by atoms with E-state index in [-0.39, 0.29) is 12.0 Å². The summed E-state index contributed by atoms with van der Waals surface area (Å²) in [6, 6.07) is 0. The molecule has 20 heteroatoms. The Morgan fingerprint density at radius 3 is 1.92 bits per heavy atom. The lowest BCUT2D eigenvalue weighted by Crippen LogP contribution is -2.23. The third-order valence-corrected chi connectivity index (χ3v) is 13.7. The van der Waals surface area contributed by atoms with E-state index in [0.717, 1.165) is 35.6 Å². The third-order valence-electron chi connectivity index (χ3n) is 2.68. The molecule has 0 bridgehead atoms. The molecule has 0 aromatic heterocycles. The van der Waals surface area contributed by atoms with Crippen LogP contribution in [0.3, 0.4) is 0 Å². The minimum absolute atomic E-state index is 0.112. The molecule has 0 radical (unpaired) electrons. The number of aliphatic imine (C=N–C) groups is 2. The fourth-order valence-electron chi connectivity index (χ4n) is 1.36. The Hall–Kier alpha value is 1.59. The zero-order valence-corrected chi connectivity index (χ0v) is 28.4. The van der Waals surface area contributed by atoms with E-state index in [1.165, 1.54) is 36.3 Å². The number of alkyl carbamates (subject to hydrolysis) is 1. The van der Waals surface area contributed by atoms with Crippen LogP contribution in [0, 0.1) is 0 Å². The monoisotopic (exact) mass is 711 g/mol. The SMILES string of the molecule is CN=COOCSCSCSCSCOC(=O)NCSCSCSCSC/N=C/OOCSCSCO. The molecule has 10 nitrogen and oxygen atoms in total. The van der Waals surface area contributed by atoms with Gasteiger partial charge in [-0.15, -0.1) is 118 Å². The van der Waals surface area contributed by atoms with Crippen LogP contribution in [-0.2, 0) is 24.3 Å². The lowest BCUT2D eigenvalue weighted by Gasteiger charge is -2.07. The Morgan fingerprint density at radius 2 is 1.27 bits per heavy atom. The highest BCUT2D eigenvalue weighted by atomic mass is 32.3. The number of thioether (sulfide) groups is 10. The van der Waals surface area contributed by atoms with Crippen LogP contribution in [0.4, 0.5) is 4.79 Å². The number of nitrogens with zero attached hydrogens (tertiary/aromatic N) is 2. The van der Waals surface area contributed by atoms with Crippen molar-refractivity contribution < 1.29 is 34.2 Å². The number of aliphatic hydroxyl groups is 1. The Balaban J connectivity index is 3.19. The predicted molar refractivity (Wildman–Crippen MR) is 178 cm³/mol. The van der Waals surface area contributed by atoms with Crippen molar-refractivity contribution in [2.75, 3.05) is 78.2 Å². The van der Waals surface area contributed by atoms with Crippen LogP contribution in [0.2, 0.25) is 0 Å². The van der Waals surface area contributed by atoms with E-state index < -0.39 is 0 Å². The lowest BCUT2D eigenvalue weighted by molar-refractivity contribution is -0.196. The van der Waals surface area contributed by atoms with Crippen LogP contribution < -0.4 is 5.32 Å². The molecule has 1 amide bonds. The van der Waals surface area contributed by atoms with Crippen molar-refractivity contribution >= 4 is 137 Å². The molecule has 0 saturated heterocycles. The van der Waals surface area contributed by atoms with Gasteiger partial charge in [0.15, 0.2) is 0 Å². The summed E-state index contributed by atoms with van der Waals surface area (Å²) in [6.07, 6.45) is 2.18. The van der Waals surface area contributed by atoms with Gasteiger partial charge in [-0.1, -0.05) is 0 Å². The predicted octanol–water partition coefficient (Wildman–Crippen LogP) is 6.07. The molecule has 2 N–H and O–H groups in total. The van der Waals surface area contributed by atoms with Gasteiger partial charge in [0, 0.05) is 42.6 Å². The molecule has 0 unspecified atom stereocenters. The van der Waals surface area contributed by atoms with Gasteiger partial charge in [0.1, 0.15) is 17.8 Å². The molecule has 0 saturated carbocycles. The minimum Gasteiger partial charge on any atom is -0.438 e. The highest BCUT2D eigenvalue weighted by Crippen LogP contribution is 2.22. The maximum absolute atomic E-state index is 11.7. The van der Waals surface area contributed by atoms with Gasteiger partial charge in [-0.25, -0.2) is 9.79 Å². The van der Waals surface area contributed by atoms with Crippen LogP contribution in [-0.4, -0.2) is 102 Å². The molecule has 0 aliphatic carbocycles. The Kier molecular flexibility index (Phi) is 37.1. The van der Waals surface area contributed by atoms with E-state index in [1.807, 2.05) is 23.5 Å². The zero-order valence-electron chi connectivity index (χ0n) is 20.2. The number of nitrogens with one attached hydrogen (secondary N) is 1. The van der Waals surface area contributed by atoms with E-state index in [2.05, 4.69) is 20.2 Å². The Labute approximate surface area is 262 Å². The summed E-state index contributed by atoms with van der Waals surface area (Å²) < 4.78 is 5.15. The molecule has 37 heavy (non-hydrogen) atoms. The average molecular weight is 712 g/mol. The van der Waals surface area contributed by atoms with Crippen LogP contribution >= 0.6 is 118 Å². The number of ether oxygens (including phenoxy) is 1. The topological polar surface area (TPSA) is 120 Å². The summed E-state index contributed by atoms with van der Waals surface area (Å²) in [5.74, 6) is 2.48. The summed E-state index contributed by atoms with van der Waals surface area (Å²) in [5, 5.41) is 17.7. The molecule has 0 aromatic rings. The van der Waals surface area contributed by atoms with E-state index in [4.69, 9.17) is 24.5 Å². The number of hydrogen-bond acceptors (Lipinski definition) is 19. The van der Waals surface area contributed by atoms with Crippen LogP contribution in [0.1, 0.15) is 0 Å². The summed E-state index contributed by atoms with van der Waals surface area (Å²) in [4.78, 5) is 38.6. The van der Waals surface area contributed by atoms with Crippen LogP contribution in [0.25, 0.3) is 0 Å². The van der Waals surface area contributed by atoms with Crippen molar-refractivity contribution in [2.45, 2.75) is 0 Å². The highest BCUT2D eigenvalue weighted by Gasteiger charge is 2.01. The summed E-state index contributed by atoms with van der Waals surface area (Å²) >= 11 is 16.7. The van der Waals surface area contributed by atoms with Gasteiger partial charge in [-0.3, -0.25) is 4.99 Å². The van der Waals surface area contributed by atoms with Gasteiger partial charge in [0.25, 0.3) is 0 Å². The van der Waals surface area contributed by atoms with Gasteiger partial charge < -0.3 is 24.9 Å². The second-order valence-corrected chi connectivity index (χ2v) is 17.5. The number of hydrogen-bond donors (Lipinski definition) is 2. The molecule has 0 spiro atoms. The van der Waals surface area contributed by atoms with Crippen molar-refractivity contribution in [1.82, 2.24) is 5.32 Å². The van der Waals surface area contributed by atoms with Crippen molar-refractivity contribution in [3.05, 3.63) is 0 Å². The molecule has 0 heterocycles. The normalized spacial score (nSPS) is 11.4. The molecule has 0 aliphatic rings. The number of carbonyl (C=O) groups excluding carboxylic acids is 1. The van der Waals surface area contributed by atoms with E-state index >= 15 is 0 Å². The maximum Gasteiger partial charge on any atom is 0.408 e. The fourth-order valence-corrected chi connectivity index (χ4v) is 10.8. The molecule has 0 rings (SSSR count). The molecular weight excluding hydrogens is 679 g/mol. The quantitative estimate of drug-likeness (QED) is 0.0233. The first-order valence-corrected chi connectivity index (χ1v) is 21.6. The third kappa shape index (κ3) is 35.6. The molecular formula is C17H33N3O7S10. The summed E-state index contributed by atoms with van der Waals surface area (Å²) in [5.41, 5.74) is 0. The van der Waals surface area contributed by atoms with Crippen molar-refractivity contribution in [1.29, 1.82) is 0 Å². The second kappa shape index (κ2) is 35.6. The molecule has 0 aliphatic heterocycles. The first-order valence-electron chi connectivity index (χ1n) is 10.1. The van der Waals surface area contributed by atoms with E-state index in [9.17, 15) is 4.79 Å². The number of amides is 1. The maximum atomic E-state index is 11.7. The Bertz CT molecular complexity index is 548. The molecule has 218 valence electrons. The number of rotatable bonds is 29. The standard InChI is InChI=1S/C17H33N3O7S10/c1-18-2-24-26-8-33-14-37-16-36-13-31-7-23-17(22)20-5-29-11-35-15-34-10-28-4-19-3-25-27-9-32-12-30-6-21/h2-3,21H,4-16H2,1H3,(H,20,22)/b18-2?,19-3+. The zero-order chi connectivity index (χ0) is 26.9. The van der Waals surface area contributed by atoms with E-state index in [1.54, 1.807) is 77.6 Å². The first kappa shape index (κ1) is 38.6. The smallest absolute Gasteiger partial charge is 0.408 e. The van der Waals surface area contributed by atoms with Crippen molar-refractivity contribution in [3.63, 3.8) is 0 Å². The second-order valence-electron chi connectivity index (χ2n) is 5.31. The average Bonchev–Trinajstić information content (AvgIpc) is 2.90. The molecule has 0 aromatic carbocycles. The summed E-state index contributed by atoms with van der Waals surface area (Å²) in [6.45, 7) is 0. The van der Waals surface area contributed by atoms with Gasteiger partial charge in [0.2, 0.25) is 12.8 Å². The fraction of sp³-hybridized carbons (Fsp3) is 0.824.